The molecule has 0 amide bonds. The topological polar surface area (TPSA) is 261 Å². The zero-order valence-electron chi connectivity index (χ0n) is 48.8. The summed E-state index contributed by atoms with van der Waals surface area (Å²) in [7, 11) is 0. The van der Waals surface area contributed by atoms with Crippen LogP contribution in [0, 0.1) is 0 Å². The second kappa shape index (κ2) is 27.3. The molecule has 11 N–H and O–H groups in total. The number of nitrogens with one attached hydrogen (secondary N) is 3. The van der Waals surface area contributed by atoms with Crippen molar-refractivity contribution >= 4 is 23.0 Å². The van der Waals surface area contributed by atoms with E-state index in [0.717, 1.165) is 39.3 Å². The number of carboxylic acid groups (broad SMARTS) is 1. The van der Waals surface area contributed by atoms with E-state index in [0.29, 0.717) is 26.2 Å². The third-order valence-corrected chi connectivity index (χ3v) is 11.6. The van der Waals surface area contributed by atoms with Crippen LogP contribution in [0.2, 0.25) is 0 Å². The molecule has 5 rings (SSSR count). The molecule has 17 heteroatoms. The van der Waals surface area contributed by atoms with E-state index in [1.807, 2.05) is 98.7 Å². The van der Waals surface area contributed by atoms with Crippen LogP contribution in [-0.2, 0) is 61.1 Å². The van der Waals surface area contributed by atoms with E-state index in [1.165, 1.54) is 5.56 Å². The Bertz CT molecular complexity index is 2230. The van der Waals surface area contributed by atoms with Crippen LogP contribution >= 0.6 is 0 Å². The highest BCUT2D eigenvalue weighted by Crippen LogP contribution is 2.32. The van der Waals surface area contributed by atoms with E-state index in [4.69, 9.17) is 23.7 Å². The Morgan fingerprint density at radius 3 is 1.16 bits per heavy atom. The zero-order valence-corrected chi connectivity index (χ0v) is 48.8. The van der Waals surface area contributed by atoms with Crippen LogP contribution in [0.15, 0.2) is 60.7 Å². The van der Waals surface area contributed by atoms with Crippen molar-refractivity contribution in [3.63, 3.8) is 0 Å². The van der Waals surface area contributed by atoms with Gasteiger partial charge in [0.25, 0.3) is 0 Å². The van der Waals surface area contributed by atoms with Gasteiger partial charge in [-0.1, -0.05) is 36.4 Å². The van der Waals surface area contributed by atoms with Gasteiger partial charge in [0.1, 0.15) is 42.7 Å². The van der Waals surface area contributed by atoms with Crippen molar-refractivity contribution in [3.8, 4) is 0 Å². The van der Waals surface area contributed by atoms with Gasteiger partial charge in [0.2, 0.25) is 0 Å². The van der Waals surface area contributed by atoms with E-state index in [-0.39, 0.29) is 39.8 Å². The first-order chi connectivity index (χ1) is 34.6. The van der Waals surface area contributed by atoms with Crippen molar-refractivity contribution in [2.75, 3.05) is 22.6 Å². The second-order valence-corrected chi connectivity index (χ2v) is 26.2. The average molecular weight is 1070 g/mol. The standard InChI is InChI=1S/C22H35NO7.C22H37NO6.C15H25NO/c1-21(2,3)23-14-9-12(11-29-22(4,5)6)7-8-13(14)10-15-16(24)17(25)18(26)19(30-15)20(27)28;1-21(2,3)23-15-9-13(12-28-22(4,5)6)7-8-14(15)10-16-18(25)20(27)19(26)17(11-24)29-16;1-14(2,3)16-13-9-7-12(8-10-13)11-17-15(4,5)6/h7-9,15-19,23-26H,10-11H2,1-6H3,(H,27,28);7-9,16-20,23-27H,10-12H2,1-6H3;7-10,16H,11H2,1-6H3. The normalized spacial score (nSPS) is 24.6. The van der Waals surface area contributed by atoms with Gasteiger partial charge < -0.3 is 80.5 Å². The van der Waals surface area contributed by atoms with Gasteiger partial charge in [-0.2, -0.15) is 0 Å². The largest absolute Gasteiger partial charge is 0.479 e. The number of hydrogen-bond donors (Lipinski definition) is 11. The molecule has 432 valence electrons. The van der Waals surface area contributed by atoms with Crippen LogP contribution in [-0.4, -0.2) is 148 Å². The Labute approximate surface area is 453 Å². The van der Waals surface area contributed by atoms with Gasteiger partial charge in [-0.3, -0.25) is 0 Å². The van der Waals surface area contributed by atoms with Gasteiger partial charge in [0, 0.05) is 46.5 Å². The van der Waals surface area contributed by atoms with Crippen LogP contribution in [0.25, 0.3) is 0 Å². The van der Waals surface area contributed by atoms with E-state index < -0.39 is 73.6 Å². The number of ether oxygens (including phenoxy) is 5. The summed E-state index contributed by atoms with van der Waals surface area (Å²) < 4.78 is 28.6. The van der Waals surface area contributed by atoms with Crippen molar-refractivity contribution in [2.24, 2.45) is 0 Å². The summed E-state index contributed by atoms with van der Waals surface area (Å²) in [5, 5.41) is 89.8. The zero-order chi connectivity index (χ0) is 57.9. The molecule has 0 spiro atoms. The fourth-order valence-electron chi connectivity index (χ4n) is 7.94. The van der Waals surface area contributed by atoms with Crippen LogP contribution in [0.4, 0.5) is 17.1 Å². The minimum Gasteiger partial charge on any atom is -0.479 e. The Kier molecular flexibility index (Phi) is 23.8. The van der Waals surface area contributed by atoms with Crippen LogP contribution in [0.3, 0.4) is 0 Å². The lowest BCUT2D eigenvalue weighted by atomic mass is 9.90. The summed E-state index contributed by atoms with van der Waals surface area (Å²) >= 11 is 0. The second-order valence-electron chi connectivity index (χ2n) is 26.2. The number of carbonyl (C=O) groups is 1. The molecular formula is C59H97N3O14. The highest BCUT2D eigenvalue weighted by molar-refractivity contribution is 5.73. The lowest BCUT2D eigenvalue weighted by Gasteiger charge is -2.40. The van der Waals surface area contributed by atoms with Crippen LogP contribution in [0.1, 0.15) is 152 Å². The first-order valence-electron chi connectivity index (χ1n) is 26.5. The highest BCUT2D eigenvalue weighted by Gasteiger charge is 2.47. The summed E-state index contributed by atoms with van der Waals surface area (Å²) in [6, 6.07) is 20.1. The van der Waals surface area contributed by atoms with E-state index >= 15 is 0 Å². The molecule has 2 aliphatic heterocycles. The summed E-state index contributed by atoms with van der Waals surface area (Å²) in [4.78, 5) is 11.4. The first-order valence-corrected chi connectivity index (χ1v) is 26.5. The molecule has 0 aliphatic carbocycles. The lowest BCUT2D eigenvalue weighted by molar-refractivity contribution is -0.228. The molecule has 2 aliphatic rings. The van der Waals surface area contributed by atoms with Crippen molar-refractivity contribution < 1.29 is 69.3 Å². The summed E-state index contributed by atoms with van der Waals surface area (Å²) in [5.41, 5.74) is 6.80. The van der Waals surface area contributed by atoms with Gasteiger partial charge in [0.15, 0.2) is 6.10 Å². The maximum absolute atomic E-state index is 11.4. The Balaban J connectivity index is 0.000000312. The molecule has 2 saturated heterocycles. The molecule has 17 nitrogen and oxygen atoms in total. The number of anilines is 3. The fourth-order valence-corrected chi connectivity index (χ4v) is 7.94. The maximum atomic E-state index is 11.4. The van der Waals surface area contributed by atoms with Crippen LogP contribution < -0.4 is 16.0 Å². The molecule has 3 aromatic rings. The summed E-state index contributed by atoms with van der Waals surface area (Å²) in [5.74, 6) is -1.39. The number of carboxylic acids is 1. The van der Waals surface area contributed by atoms with Crippen molar-refractivity contribution in [1.29, 1.82) is 0 Å². The van der Waals surface area contributed by atoms with E-state index in [9.17, 15) is 45.6 Å². The number of hydrogen-bond acceptors (Lipinski definition) is 16. The van der Waals surface area contributed by atoms with Gasteiger partial charge in [-0.25, -0.2) is 4.79 Å². The first kappa shape index (κ1) is 66.3. The molecule has 0 bridgehead atoms. The van der Waals surface area contributed by atoms with Crippen molar-refractivity contribution in [2.45, 2.75) is 252 Å². The van der Waals surface area contributed by atoms with E-state index in [2.05, 4.69) is 103 Å². The Hall–Kier alpha value is -3.95. The number of aliphatic hydroxyl groups is 7. The number of benzene rings is 3. The lowest BCUT2D eigenvalue weighted by Crippen LogP contribution is -2.60. The molecule has 3 aromatic carbocycles. The Morgan fingerprint density at radius 2 is 0.803 bits per heavy atom. The number of aliphatic hydroxyl groups excluding tert-OH is 7. The predicted molar refractivity (Wildman–Crippen MR) is 299 cm³/mol. The van der Waals surface area contributed by atoms with Gasteiger partial charge >= 0.3 is 5.97 Å². The average Bonchev–Trinajstić information content (AvgIpc) is 3.27. The van der Waals surface area contributed by atoms with E-state index in [1.54, 1.807) is 0 Å². The third-order valence-electron chi connectivity index (χ3n) is 11.6. The predicted octanol–water partition coefficient (Wildman–Crippen LogP) is 7.50. The molecule has 0 radical (unpaired) electrons. The molecule has 76 heavy (non-hydrogen) atoms. The smallest absolute Gasteiger partial charge is 0.335 e. The highest BCUT2D eigenvalue weighted by atomic mass is 16.6. The fraction of sp³-hybridized carbons (Fsp3) is 0.678. The Morgan fingerprint density at radius 1 is 0.461 bits per heavy atom. The number of aliphatic carboxylic acids is 1. The van der Waals surface area contributed by atoms with Gasteiger partial charge in [0.05, 0.1) is 55.4 Å². The molecule has 10 atom stereocenters. The molecule has 10 unspecified atom stereocenters. The summed E-state index contributed by atoms with van der Waals surface area (Å²) in [6.45, 7) is 38.0. The molecule has 0 aromatic heterocycles. The van der Waals surface area contributed by atoms with Crippen LogP contribution in [0.5, 0.6) is 0 Å². The van der Waals surface area contributed by atoms with Crippen molar-refractivity contribution in [3.05, 3.63) is 88.5 Å². The molecular weight excluding hydrogens is 975 g/mol. The quantitative estimate of drug-likeness (QED) is 0.0704. The minimum absolute atomic E-state index is 0.0810. The minimum atomic E-state index is -1.70. The molecule has 0 saturated carbocycles. The summed E-state index contributed by atoms with van der Waals surface area (Å²) in [6.07, 6.45) is -12.5. The van der Waals surface area contributed by atoms with Gasteiger partial charge in [-0.05, 0) is 177 Å². The van der Waals surface area contributed by atoms with Gasteiger partial charge in [-0.15, -0.1) is 0 Å². The molecule has 2 heterocycles. The monoisotopic (exact) mass is 1070 g/mol. The SMILES string of the molecule is CC(C)(C)Nc1cc(COC(C)(C)C)ccc1CC1OC(C(=O)O)C(O)C(O)C1O.CC(C)(C)Nc1cc(COC(C)(C)C)ccc1CC1OC(CO)C(O)C(O)C1O.CC(C)(C)Nc1ccc(COC(C)(C)C)cc1. The maximum Gasteiger partial charge on any atom is 0.335 e. The third kappa shape index (κ3) is 23.6. The van der Waals surface area contributed by atoms with Crippen molar-refractivity contribution in [1.82, 2.24) is 0 Å². The number of rotatable bonds is 15. The molecule has 2 fully saturated rings.